The topological polar surface area (TPSA) is 69.6 Å². The molecule has 0 aliphatic carbocycles. The van der Waals surface area contributed by atoms with Gasteiger partial charge in [-0.1, -0.05) is 13.3 Å². The zero-order valence-electron chi connectivity index (χ0n) is 9.03. The Labute approximate surface area is 89.4 Å². The summed E-state index contributed by atoms with van der Waals surface area (Å²) in [6, 6.07) is -0.0999. The van der Waals surface area contributed by atoms with Crippen LogP contribution in [0.4, 0.5) is 0 Å². The summed E-state index contributed by atoms with van der Waals surface area (Å²) in [6.45, 7) is 3.60. The number of carbonyl (C=O) groups is 2. The van der Waals surface area contributed by atoms with Crippen LogP contribution in [0.15, 0.2) is 0 Å². The van der Waals surface area contributed by atoms with Gasteiger partial charge < -0.3 is 15.3 Å². The van der Waals surface area contributed by atoms with Crippen molar-refractivity contribution in [3.63, 3.8) is 0 Å². The van der Waals surface area contributed by atoms with Crippen LogP contribution in [-0.2, 0) is 9.59 Å². The predicted molar refractivity (Wildman–Crippen MR) is 55.5 cm³/mol. The Balaban J connectivity index is 2.40. The van der Waals surface area contributed by atoms with Gasteiger partial charge in [0.2, 0.25) is 5.91 Å². The zero-order valence-corrected chi connectivity index (χ0v) is 9.03. The van der Waals surface area contributed by atoms with Crippen LogP contribution in [0.1, 0.15) is 26.2 Å². The second-order valence-corrected chi connectivity index (χ2v) is 3.87. The highest BCUT2D eigenvalue weighted by atomic mass is 16.4. The zero-order chi connectivity index (χ0) is 11.3. The largest absolute Gasteiger partial charge is 0.481 e. The molecule has 0 aromatic heterocycles. The minimum atomic E-state index is -0.822. The highest BCUT2D eigenvalue weighted by Crippen LogP contribution is 2.05. The van der Waals surface area contributed by atoms with E-state index in [0.29, 0.717) is 6.54 Å². The Morgan fingerprint density at radius 1 is 1.67 bits per heavy atom. The Kier molecular flexibility index (Phi) is 4.55. The quantitative estimate of drug-likeness (QED) is 0.679. The van der Waals surface area contributed by atoms with Gasteiger partial charge in [-0.25, -0.2) is 0 Å². The van der Waals surface area contributed by atoms with Crippen molar-refractivity contribution in [1.29, 1.82) is 0 Å². The van der Waals surface area contributed by atoms with Crippen LogP contribution in [0.5, 0.6) is 0 Å². The number of piperazine rings is 1. The van der Waals surface area contributed by atoms with Gasteiger partial charge in [0, 0.05) is 19.1 Å². The number of nitrogens with zero attached hydrogens (tertiary/aromatic N) is 1. The van der Waals surface area contributed by atoms with Crippen LogP contribution in [0.25, 0.3) is 0 Å². The molecule has 15 heavy (non-hydrogen) atoms. The molecule has 0 spiro atoms. The second-order valence-electron chi connectivity index (χ2n) is 3.87. The van der Waals surface area contributed by atoms with Gasteiger partial charge in [0.1, 0.15) is 0 Å². The first-order chi connectivity index (χ1) is 7.13. The Bertz CT molecular complexity index is 243. The average molecular weight is 214 g/mol. The highest BCUT2D eigenvalue weighted by Gasteiger charge is 2.25. The normalized spacial score (nSPS) is 21.8. The lowest BCUT2D eigenvalue weighted by atomic mass is 10.1. The van der Waals surface area contributed by atoms with E-state index >= 15 is 0 Å². The van der Waals surface area contributed by atoms with E-state index in [1.807, 2.05) is 0 Å². The number of carboxylic acid groups (broad SMARTS) is 1. The van der Waals surface area contributed by atoms with Crippen molar-refractivity contribution in [2.45, 2.75) is 32.2 Å². The third-order valence-electron chi connectivity index (χ3n) is 2.54. The van der Waals surface area contributed by atoms with Crippen molar-refractivity contribution < 1.29 is 14.7 Å². The maximum atomic E-state index is 11.4. The van der Waals surface area contributed by atoms with Gasteiger partial charge in [-0.05, 0) is 6.42 Å². The van der Waals surface area contributed by atoms with E-state index in [0.717, 1.165) is 19.4 Å². The fourth-order valence-corrected chi connectivity index (χ4v) is 1.69. The minimum Gasteiger partial charge on any atom is -0.481 e. The molecular formula is C10H18N2O3. The van der Waals surface area contributed by atoms with Gasteiger partial charge in [0.05, 0.1) is 13.0 Å². The molecule has 86 valence electrons. The molecule has 1 aliphatic rings. The lowest BCUT2D eigenvalue weighted by molar-refractivity contribution is -0.140. The molecule has 0 aromatic carbocycles. The standard InChI is InChI=1S/C10H18N2O3/c1-2-3-4-12-7-8(5-10(14)15)11-6-9(12)13/h8,11H,2-7H2,1H3,(H,14,15). The van der Waals surface area contributed by atoms with Crippen LogP contribution in [0, 0.1) is 0 Å². The van der Waals surface area contributed by atoms with Crippen molar-refractivity contribution in [1.82, 2.24) is 10.2 Å². The van der Waals surface area contributed by atoms with E-state index in [4.69, 9.17) is 5.11 Å². The van der Waals surface area contributed by atoms with Crippen molar-refractivity contribution >= 4 is 11.9 Å². The van der Waals surface area contributed by atoms with Gasteiger partial charge >= 0.3 is 5.97 Å². The molecule has 1 saturated heterocycles. The monoisotopic (exact) mass is 214 g/mol. The number of unbranched alkanes of at least 4 members (excludes halogenated alkanes) is 1. The molecule has 1 unspecified atom stereocenters. The number of carboxylic acids is 1. The summed E-state index contributed by atoms with van der Waals surface area (Å²) in [7, 11) is 0. The van der Waals surface area contributed by atoms with Gasteiger partial charge in [-0.15, -0.1) is 0 Å². The highest BCUT2D eigenvalue weighted by molar-refractivity contribution is 5.79. The summed E-state index contributed by atoms with van der Waals surface area (Å²) in [6.07, 6.45) is 2.10. The second kappa shape index (κ2) is 5.70. The fraction of sp³-hybridized carbons (Fsp3) is 0.800. The van der Waals surface area contributed by atoms with E-state index in [2.05, 4.69) is 12.2 Å². The van der Waals surface area contributed by atoms with E-state index in [-0.39, 0.29) is 24.9 Å². The average Bonchev–Trinajstić information content (AvgIpc) is 2.18. The molecular weight excluding hydrogens is 196 g/mol. The predicted octanol–water partition coefficient (Wildman–Crippen LogP) is 0.0616. The molecule has 1 fully saturated rings. The van der Waals surface area contributed by atoms with Crippen LogP contribution < -0.4 is 5.32 Å². The molecule has 5 heteroatoms. The molecule has 0 bridgehead atoms. The van der Waals surface area contributed by atoms with Crippen molar-refractivity contribution in [3.05, 3.63) is 0 Å². The van der Waals surface area contributed by atoms with Crippen molar-refractivity contribution in [2.75, 3.05) is 19.6 Å². The lowest BCUT2D eigenvalue weighted by Gasteiger charge is -2.32. The molecule has 0 aromatic rings. The summed E-state index contributed by atoms with van der Waals surface area (Å²) >= 11 is 0. The molecule has 2 N–H and O–H groups in total. The molecule has 0 radical (unpaired) electrons. The molecule has 5 nitrogen and oxygen atoms in total. The van der Waals surface area contributed by atoms with E-state index in [9.17, 15) is 9.59 Å². The molecule has 1 heterocycles. The van der Waals surface area contributed by atoms with Crippen LogP contribution >= 0.6 is 0 Å². The number of nitrogens with one attached hydrogen (secondary N) is 1. The number of hydrogen-bond acceptors (Lipinski definition) is 3. The number of amides is 1. The number of carbonyl (C=O) groups excluding carboxylic acids is 1. The van der Waals surface area contributed by atoms with E-state index < -0.39 is 5.97 Å². The third kappa shape index (κ3) is 3.87. The SMILES string of the molecule is CCCCN1CC(CC(=O)O)NCC1=O. The number of aliphatic carboxylic acids is 1. The third-order valence-corrected chi connectivity index (χ3v) is 2.54. The molecule has 1 amide bonds. The summed E-state index contributed by atoms with van der Waals surface area (Å²) < 4.78 is 0. The van der Waals surface area contributed by atoms with Crippen LogP contribution in [-0.4, -0.2) is 47.6 Å². The van der Waals surface area contributed by atoms with E-state index in [1.54, 1.807) is 4.90 Å². The van der Waals surface area contributed by atoms with Gasteiger partial charge in [0.25, 0.3) is 0 Å². The molecule has 0 saturated carbocycles. The molecule has 1 aliphatic heterocycles. The lowest BCUT2D eigenvalue weighted by Crippen LogP contribution is -2.54. The summed E-state index contributed by atoms with van der Waals surface area (Å²) in [5, 5.41) is 11.6. The van der Waals surface area contributed by atoms with E-state index in [1.165, 1.54) is 0 Å². The summed E-state index contributed by atoms with van der Waals surface area (Å²) in [5.74, 6) is -0.748. The first kappa shape index (κ1) is 12.0. The fourth-order valence-electron chi connectivity index (χ4n) is 1.69. The summed E-state index contributed by atoms with van der Waals surface area (Å²) in [4.78, 5) is 23.7. The Hall–Kier alpha value is -1.10. The first-order valence-corrected chi connectivity index (χ1v) is 5.36. The van der Waals surface area contributed by atoms with Crippen molar-refractivity contribution in [2.24, 2.45) is 0 Å². The number of hydrogen-bond donors (Lipinski definition) is 2. The summed E-state index contributed by atoms with van der Waals surface area (Å²) in [5.41, 5.74) is 0. The van der Waals surface area contributed by atoms with Crippen molar-refractivity contribution in [3.8, 4) is 0 Å². The maximum Gasteiger partial charge on any atom is 0.304 e. The minimum absolute atomic E-state index is 0.0742. The molecule has 1 rings (SSSR count). The number of rotatable bonds is 5. The van der Waals surface area contributed by atoms with Gasteiger partial charge in [-0.3, -0.25) is 9.59 Å². The Morgan fingerprint density at radius 2 is 2.40 bits per heavy atom. The smallest absolute Gasteiger partial charge is 0.304 e. The maximum absolute atomic E-state index is 11.4. The van der Waals surface area contributed by atoms with Gasteiger partial charge in [0.15, 0.2) is 0 Å². The molecule has 1 atom stereocenters. The first-order valence-electron chi connectivity index (χ1n) is 5.36. The van der Waals surface area contributed by atoms with Gasteiger partial charge in [-0.2, -0.15) is 0 Å². The van der Waals surface area contributed by atoms with Crippen LogP contribution in [0.3, 0.4) is 0 Å². The Morgan fingerprint density at radius 3 is 3.00 bits per heavy atom. The van der Waals surface area contributed by atoms with Crippen LogP contribution in [0.2, 0.25) is 0 Å².